The average Bonchev–Trinajstić information content (AvgIpc) is 2.53. The lowest BCUT2D eigenvalue weighted by molar-refractivity contribution is -0.158. The molecule has 2 fully saturated rings. The Morgan fingerprint density at radius 3 is 2.38 bits per heavy atom. The zero-order valence-corrected chi connectivity index (χ0v) is 14.0. The van der Waals surface area contributed by atoms with Gasteiger partial charge in [0.05, 0.1) is 0 Å². The van der Waals surface area contributed by atoms with Crippen LogP contribution >= 0.6 is 0 Å². The maximum atomic E-state index is 12.6. The first kappa shape index (κ1) is 18.7. The van der Waals surface area contributed by atoms with Crippen molar-refractivity contribution in [3.05, 3.63) is 0 Å². The molecule has 0 aromatic rings. The van der Waals surface area contributed by atoms with Crippen molar-refractivity contribution < 1.29 is 19.5 Å². The third-order valence-electron chi connectivity index (χ3n) is 5.46. The SMILES string of the molecule is NCCCCC(NC=O)C(=O)N1CCC2(CC1)CC(N)(C(=O)O)C2. The number of carboxylic acids is 1. The molecule has 8 heteroatoms. The summed E-state index contributed by atoms with van der Waals surface area (Å²) in [6.07, 6.45) is 5.25. The van der Waals surface area contributed by atoms with Crippen LogP contribution in [0.25, 0.3) is 0 Å². The van der Waals surface area contributed by atoms with Crippen LogP contribution in [0.5, 0.6) is 0 Å². The third-order valence-corrected chi connectivity index (χ3v) is 5.46. The van der Waals surface area contributed by atoms with Gasteiger partial charge in [0, 0.05) is 13.1 Å². The molecule has 2 rings (SSSR count). The van der Waals surface area contributed by atoms with Crippen LogP contribution in [0.2, 0.25) is 0 Å². The van der Waals surface area contributed by atoms with Gasteiger partial charge in [-0.1, -0.05) is 0 Å². The zero-order valence-electron chi connectivity index (χ0n) is 14.0. The van der Waals surface area contributed by atoms with Crippen molar-refractivity contribution in [3.63, 3.8) is 0 Å². The Balaban J connectivity index is 1.85. The molecule has 0 radical (unpaired) electrons. The van der Waals surface area contributed by atoms with E-state index in [0.717, 1.165) is 25.7 Å². The summed E-state index contributed by atoms with van der Waals surface area (Å²) < 4.78 is 0. The van der Waals surface area contributed by atoms with Crippen molar-refractivity contribution in [2.45, 2.75) is 56.5 Å². The first-order valence-electron chi connectivity index (χ1n) is 8.57. The Morgan fingerprint density at radius 1 is 1.25 bits per heavy atom. The number of hydrogen-bond donors (Lipinski definition) is 4. The summed E-state index contributed by atoms with van der Waals surface area (Å²) in [5.41, 5.74) is 10.2. The second-order valence-electron chi connectivity index (χ2n) is 7.26. The fourth-order valence-electron chi connectivity index (χ4n) is 4.07. The van der Waals surface area contributed by atoms with Crippen LogP contribution < -0.4 is 16.8 Å². The minimum atomic E-state index is -1.10. The van der Waals surface area contributed by atoms with Crippen LogP contribution in [-0.2, 0) is 14.4 Å². The van der Waals surface area contributed by atoms with E-state index in [9.17, 15) is 14.4 Å². The number of amides is 2. The molecule has 1 unspecified atom stereocenters. The number of likely N-dealkylation sites (tertiary alicyclic amines) is 1. The number of nitrogens with two attached hydrogens (primary N) is 2. The molecule has 0 aromatic carbocycles. The number of rotatable bonds is 8. The molecule has 8 nitrogen and oxygen atoms in total. The van der Waals surface area contributed by atoms with Gasteiger partial charge in [-0.2, -0.15) is 0 Å². The number of aliphatic carboxylic acids is 1. The Labute approximate surface area is 141 Å². The normalized spacial score (nSPS) is 22.5. The summed E-state index contributed by atoms with van der Waals surface area (Å²) in [5.74, 6) is -1.01. The van der Waals surface area contributed by atoms with Crippen LogP contribution in [0.4, 0.5) is 0 Å². The Kier molecular flexibility index (Phi) is 5.82. The van der Waals surface area contributed by atoms with Crippen LogP contribution in [-0.4, -0.2) is 59.5 Å². The molecule has 6 N–H and O–H groups in total. The minimum absolute atomic E-state index is 0.0446. The van der Waals surface area contributed by atoms with Crippen molar-refractivity contribution >= 4 is 18.3 Å². The predicted molar refractivity (Wildman–Crippen MR) is 87.9 cm³/mol. The summed E-state index contributed by atoms with van der Waals surface area (Å²) in [4.78, 5) is 36.3. The largest absolute Gasteiger partial charge is 0.480 e. The zero-order chi connectivity index (χ0) is 17.8. The Morgan fingerprint density at radius 2 is 1.88 bits per heavy atom. The van der Waals surface area contributed by atoms with Gasteiger partial charge in [-0.3, -0.25) is 14.4 Å². The highest BCUT2D eigenvalue weighted by Gasteiger charge is 2.57. The van der Waals surface area contributed by atoms with Gasteiger partial charge in [0.25, 0.3) is 0 Å². The van der Waals surface area contributed by atoms with Crippen molar-refractivity contribution in [3.8, 4) is 0 Å². The summed E-state index contributed by atoms with van der Waals surface area (Å²) in [6, 6.07) is -0.503. The van der Waals surface area contributed by atoms with Gasteiger partial charge in [0.2, 0.25) is 12.3 Å². The molecule has 1 aliphatic carbocycles. The minimum Gasteiger partial charge on any atom is -0.480 e. The molecule has 1 saturated carbocycles. The van der Waals surface area contributed by atoms with Crippen LogP contribution in [0.15, 0.2) is 0 Å². The van der Waals surface area contributed by atoms with E-state index < -0.39 is 17.6 Å². The summed E-state index contributed by atoms with van der Waals surface area (Å²) in [7, 11) is 0. The summed E-state index contributed by atoms with van der Waals surface area (Å²) in [5, 5.41) is 11.7. The van der Waals surface area contributed by atoms with Gasteiger partial charge in [-0.15, -0.1) is 0 Å². The number of carbonyl (C=O) groups excluding carboxylic acids is 2. The molecular weight excluding hydrogens is 312 g/mol. The maximum absolute atomic E-state index is 12.6. The topological polar surface area (TPSA) is 139 Å². The van der Waals surface area contributed by atoms with Crippen LogP contribution in [0, 0.1) is 5.41 Å². The van der Waals surface area contributed by atoms with E-state index in [1.807, 2.05) is 0 Å². The predicted octanol–water partition coefficient (Wildman–Crippen LogP) is -0.585. The number of nitrogens with zero attached hydrogens (tertiary/aromatic N) is 1. The monoisotopic (exact) mass is 340 g/mol. The molecular formula is C16H28N4O4. The van der Waals surface area contributed by atoms with Gasteiger partial charge in [-0.25, -0.2) is 0 Å². The molecule has 1 atom stereocenters. The molecule has 1 spiro atoms. The number of carboxylic acid groups (broad SMARTS) is 1. The van der Waals surface area contributed by atoms with Gasteiger partial charge < -0.3 is 26.8 Å². The quantitative estimate of drug-likeness (QED) is 0.344. The Bertz CT molecular complexity index is 480. The first-order valence-corrected chi connectivity index (χ1v) is 8.57. The number of unbranched alkanes of at least 4 members (excludes halogenated alkanes) is 1. The van der Waals surface area contributed by atoms with E-state index in [0.29, 0.717) is 45.3 Å². The van der Waals surface area contributed by atoms with E-state index >= 15 is 0 Å². The second kappa shape index (κ2) is 7.48. The van der Waals surface area contributed by atoms with Crippen LogP contribution in [0.3, 0.4) is 0 Å². The molecule has 2 aliphatic rings. The fraction of sp³-hybridized carbons (Fsp3) is 0.812. The molecule has 2 amide bonds. The number of piperidine rings is 1. The van der Waals surface area contributed by atoms with Crippen molar-refractivity contribution in [1.82, 2.24) is 10.2 Å². The highest BCUT2D eigenvalue weighted by atomic mass is 16.4. The van der Waals surface area contributed by atoms with Crippen LogP contribution in [0.1, 0.15) is 44.9 Å². The average molecular weight is 340 g/mol. The van der Waals surface area contributed by atoms with Gasteiger partial charge in [0.15, 0.2) is 0 Å². The standard InChI is InChI=1S/C16H28N4O4/c17-6-2-1-3-12(19-11-21)13(22)20-7-4-15(5-8-20)9-16(18,10-15)14(23)24/h11-12H,1-10,17-18H2,(H,19,21)(H,23,24). The molecule has 24 heavy (non-hydrogen) atoms. The summed E-state index contributed by atoms with van der Waals surface area (Å²) in [6.45, 7) is 1.74. The molecule has 1 aliphatic heterocycles. The lowest BCUT2D eigenvalue weighted by Crippen LogP contribution is -2.65. The van der Waals surface area contributed by atoms with Gasteiger partial charge >= 0.3 is 5.97 Å². The van der Waals surface area contributed by atoms with E-state index in [1.54, 1.807) is 4.90 Å². The van der Waals surface area contributed by atoms with Crippen molar-refractivity contribution in [2.24, 2.45) is 16.9 Å². The number of carbonyl (C=O) groups is 3. The number of hydrogen-bond acceptors (Lipinski definition) is 5. The maximum Gasteiger partial charge on any atom is 0.323 e. The molecule has 0 aromatic heterocycles. The number of nitrogens with one attached hydrogen (secondary N) is 1. The summed E-state index contributed by atoms with van der Waals surface area (Å²) >= 11 is 0. The fourth-order valence-corrected chi connectivity index (χ4v) is 4.07. The van der Waals surface area contributed by atoms with Crippen molar-refractivity contribution in [1.29, 1.82) is 0 Å². The van der Waals surface area contributed by atoms with E-state index in [2.05, 4.69) is 5.32 Å². The third kappa shape index (κ3) is 3.87. The van der Waals surface area contributed by atoms with Gasteiger partial charge in [0.1, 0.15) is 11.6 Å². The highest BCUT2D eigenvalue weighted by Crippen LogP contribution is 2.53. The lowest BCUT2D eigenvalue weighted by atomic mass is 9.54. The Hall–Kier alpha value is -1.67. The highest BCUT2D eigenvalue weighted by molar-refractivity contribution is 5.84. The molecule has 136 valence electrons. The van der Waals surface area contributed by atoms with Gasteiger partial charge in [-0.05, 0) is 56.9 Å². The first-order chi connectivity index (χ1) is 11.4. The molecule has 1 heterocycles. The van der Waals surface area contributed by atoms with Crippen molar-refractivity contribution in [2.75, 3.05) is 19.6 Å². The lowest BCUT2D eigenvalue weighted by Gasteiger charge is -2.55. The van der Waals surface area contributed by atoms with E-state index in [4.69, 9.17) is 16.6 Å². The molecule has 0 bridgehead atoms. The van der Waals surface area contributed by atoms with E-state index in [1.165, 1.54) is 0 Å². The molecule has 1 saturated heterocycles. The second-order valence-corrected chi connectivity index (χ2v) is 7.26. The van der Waals surface area contributed by atoms with E-state index in [-0.39, 0.29) is 11.3 Å². The smallest absolute Gasteiger partial charge is 0.323 e.